The number of benzene rings is 3. The second-order valence-corrected chi connectivity index (χ2v) is 9.69. The highest BCUT2D eigenvalue weighted by Crippen LogP contribution is 2.44. The Morgan fingerprint density at radius 2 is 1.41 bits per heavy atom. The first-order chi connectivity index (χ1) is 17.9. The average Bonchev–Trinajstić information content (AvgIpc) is 3.23. The van der Waals surface area contributed by atoms with E-state index in [0.717, 1.165) is 27.8 Å². The van der Waals surface area contributed by atoms with Crippen molar-refractivity contribution < 1.29 is 19.1 Å². The molecule has 192 valence electrons. The van der Waals surface area contributed by atoms with Crippen molar-refractivity contribution in [3.63, 3.8) is 0 Å². The second kappa shape index (κ2) is 11.9. The fourth-order valence-electron chi connectivity index (χ4n) is 4.88. The molecule has 0 heterocycles. The molecule has 2 amide bonds. The van der Waals surface area contributed by atoms with Crippen LogP contribution in [0.5, 0.6) is 0 Å². The predicted molar refractivity (Wildman–Crippen MR) is 144 cm³/mol. The molecule has 6 heteroatoms. The smallest absolute Gasteiger partial charge is 0.407 e. The molecule has 0 spiro atoms. The van der Waals surface area contributed by atoms with E-state index in [2.05, 4.69) is 34.9 Å². The lowest BCUT2D eigenvalue weighted by Gasteiger charge is -2.26. The number of ether oxygens (including phenoxy) is 1. The molecule has 4 rings (SSSR count). The van der Waals surface area contributed by atoms with E-state index in [1.165, 1.54) is 6.92 Å². The molecule has 1 aliphatic rings. The van der Waals surface area contributed by atoms with Gasteiger partial charge in [0.05, 0.1) is 6.04 Å². The number of hydrogen-bond donors (Lipinski definition) is 2. The zero-order valence-corrected chi connectivity index (χ0v) is 21.6. The molecule has 0 aromatic heterocycles. The van der Waals surface area contributed by atoms with Crippen LogP contribution in [-0.2, 0) is 20.7 Å². The molecule has 1 aliphatic carbocycles. The molecule has 0 saturated heterocycles. The fraction of sp³-hybridized carbons (Fsp3) is 0.323. The van der Waals surface area contributed by atoms with Gasteiger partial charge in [-0.1, -0.05) is 99.1 Å². The largest absolute Gasteiger partial charge is 0.449 e. The van der Waals surface area contributed by atoms with Crippen molar-refractivity contribution in [3.05, 3.63) is 95.6 Å². The number of carbonyl (C=O) groups excluding carboxylic acids is 3. The van der Waals surface area contributed by atoms with Crippen molar-refractivity contribution in [1.29, 1.82) is 0 Å². The summed E-state index contributed by atoms with van der Waals surface area (Å²) in [7, 11) is 0. The van der Waals surface area contributed by atoms with Crippen molar-refractivity contribution in [3.8, 4) is 11.1 Å². The molecule has 0 saturated carbocycles. The number of fused-ring (bicyclic) bond motifs is 3. The first-order valence-electron chi connectivity index (χ1n) is 12.8. The topological polar surface area (TPSA) is 84.5 Å². The van der Waals surface area contributed by atoms with E-state index in [0.29, 0.717) is 12.8 Å². The minimum Gasteiger partial charge on any atom is -0.449 e. The third-order valence-electron chi connectivity index (χ3n) is 7.20. The lowest BCUT2D eigenvalue weighted by molar-refractivity contribution is -0.129. The van der Waals surface area contributed by atoms with E-state index < -0.39 is 18.2 Å². The van der Waals surface area contributed by atoms with Crippen LogP contribution in [0, 0.1) is 5.92 Å². The van der Waals surface area contributed by atoms with Gasteiger partial charge < -0.3 is 15.4 Å². The highest BCUT2D eigenvalue weighted by atomic mass is 16.5. The standard InChI is InChI=1S/C31H34N2O4/c1-4-20(2)29(30(35)32-28(21(3)34)18-22-12-6-5-7-13-22)33-31(36)37-19-27-25-16-10-8-14-23(25)24-15-9-11-17-26(24)27/h5-17,20,27-29H,4,18-19H2,1-3H3,(H,32,35)(H,33,36)/t20?,28-,29-/m0/s1. The molecule has 3 aromatic carbocycles. The maximum absolute atomic E-state index is 13.2. The first kappa shape index (κ1) is 26.1. The Morgan fingerprint density at radius 1 is 0.838 bits per heavy atom. The van der Waals surface area contributed by atoms with E-state index in [1.54, 1.807) is 0 Å². The maximum atomic E-state index is 13.2. The summed E-state index contributed by atoms with van der Waals surface area (Å²) in [5, 5.41) is 5.61. The van der Waals surface area contributed by atoms with E-state index in [1.807, 2.05) is 68.4 Å². The molecular formula is C31H34N2O4. The highest BCUT2D eigenvalue weighted by Gasteiger charge is 2.32. The van der Waals surface area contributed by atoms with Crippen LogP contribution in [0.1, 0.15) is 49.8 Å². The Hall–Kier alpha value is -3.93. The molecule has 3 atom stereocenters. The Kier molecular flexibility index (Phi) is 8.39. The van der Waals surface area contributed by atoms with Crippen LogP contribution in [0.3, 0.4) is 0 Å². The number of alkyl carbamates (subject to hydrolysis) is 1. The summed E-state index contributed by atoms with van der Waals surface area (Å²) in [6.45, 7) is 5.48. The molecule has 0 bridgehead atoms. The predicted octanol–water partition coefficient (Wildman–Crippen LogP) is 5.26. The van der Waals surface area contributed by atoms with Gasteiger partial charge in [-0.25, -0.2) is 4.79 Å². The van der Waals surface area contributed by atoms with Crippen LogP contribution in [0.2, 0.25) is 0 Å². The van der Waals surface area contributed by atoms with Crippen LogP contribution in [0.25, 0.3) is 11.1 Å². The van der Waals surface area contributed by atoms with E-state index >= 15 is 0 Å². The van der Waals surface area contributed by atoms with Gasteiger partial charge in [-0.3, -0.25) is 9.59 Å². The van der Waals surface area contributed by atoms with Crippen LogP contribution in [-0.4, -0.2) is 36.5 Å². The number of rotatable bonds is 10. The number of hydrogen-bond acceptors (Lipinski definition) is 4. The van der Waals surface area contributed by atoms with Gasteiger partial charge >= 0.3 is 6.09 Å². The second-order valence-electron chi connectivity index (χ2n) is 9.69. The number of amides is 2. The lowest BCUT2D eigenvalue weighted by atomic mass is 9.97. The van der Waals surface area contributed by atoms with Crippen LogP contribution in [0.15, 0.2) is 78.9 Å². The summed E-state index contributed by atoms with van der Waals surface area (Å²) < 4.78 is 5.67. The molecule has 0 fully saturated rings. The summed E-state index contributed by atoms with van der Waals surface area (Å²) in [5.41, 5.74) is 5.50. The van der Waals surface area contributed by atoms with Gasteiger partial charge in [-0.05, 0) is 47.1 Å². The summed E-state index contributed by atoms with van der Waals surface area (Å²) in [6, 6.07) is 24.3. The fourth-order valence-corrected chi connectivity index (χ4v) is 4.88. The lowest BCUT2D eigenvalue weighted by Crippen LogP contribution is -2.54. The van der Waals surface area contributed by atoms with Gasteiger partial charge in [0.25, 0.3) is 0 Å². The van der Waals surface area contributed by atoms with Crippen molar-refractivity contribution >= 4 is 17.8 Å². The number of carbonyl (C=O) groups is 3. The van der Waals surface area contributed by atoms with E-state index in [-0.39, 0.29) is 30.1 Å². The van der Waals surface area contributed by atoms with Crippen LogP contribution < -0.4 is 10.6 Å². The number of Topliss-reactive ketones (excluding diaryl/α,β-unsaturated/α-hetero) is 1. The molecule has 1 unspecified atom stereocenters. The van der Waals surface area contributed by atoms with E-state index in [9.17, 15) is 14.4 Å². The summed E-state index contributed by atoms with van der Waals surface area (Å²) >= 11 is 0. The Labute approximate surface area is 218 Å². The van der Waals surface area contributed by atoms with Gasteiger partial charge in [0.2, 0.25) is 5.91 Å². The van der Waals surface area contributed by atoms with Gasteiger partial charge in [-0.15, -0.1) is 0 Å². The molecule has 0 radical (unpaired) electrons. The van der Waals surface area contributed by atoms with Gasteiger partial charge in [0.15, 0.2) is 5.78 Å². The van der Waals surface area contributed by atoms with Gasteiger partial charge in [0.1, 0.15) is 12.6 Å². The summed E-state index contributed by atoms with van der Waals surface area (Å²) in [6.07, 6.45) is 0.412. The Balaban J connectivity index is 1.42. The Bertz CT molecular complexity index is 1210. The van der Waals surface area contributed by atoms with Crippen LogP contribution in [0.4, 0.5) is 4.79 Å². The van der Waals surface area contributed by atoms with Gasteiger partial charge in [0, 0.05) is 5.92 Å². The quantitative estimate of drug-likeness (QED) is 0.400. The van der Waals surface area contributed by atoms with Crippen molar-refractivity contribution in [1.82, 2.24) is 10.6 Å². The normalized spacial score (nSPS) is 14.6. The third kappa shape index (κ3) is 6.08. The zero-order chi connectivity index (χ0) is 26.4. The SMILES string of the molecule is CCC(C)[C@H](NC(=O)OCC1c2ccccc2-c2ccccc21)C(=O)N[C@@H](Cc1ccccc1)C(C)=O. The monoisotopic (exact) mass is 498 g/mol. The molecule has 3 aromatic rings. The molecule has 0 aliphatic heterocycles. The summed E-state index contributed by atoms with van der Waals surface area (Å²) in [5.74, 6) is -0.743. The Morgan fingerprint density at radius 3 is 1.97 bits per heavy atom. The van der Waals surface area contributed by atoms with Gasteiger partial charge in [-0.2, -0.15) is 0 Å². The first-order valence-corrected chi connectivity index (χ1v) is 12.8. The van der Waals surface area contributed by atoms with Crippen LogP contribution >= 0.6 is 0 Å². The highest BCUT2D eigenvalue weighted by molar-refractivity contribution is 5.91. The van der Waals surface area contributed by atoms with Crippen molar-refractivity contribution in [2.45, 2.75) is 51.6 Å². The molecule has 2 N–H and O–H groups in total. The number of ketones is 1. The zero-order valence-electron chi connectivity index (χ0n) is 21.6. The molecule has 37 heavy (non-hydrogen) atoms. The minimum absolute atomic E-state index is 0.0676. The summed E-state index contributed by atoms with van der Waals surface area (Å²) in [4.78, 5) is 38.4. The average molecular weight is 499 g/mol. The third-order valence-corrected chi connectivity index (χ3v) is 7.20. The van der Waals surface area contributed by atoms with Crippen molar-refractivity contribution in [2.75, 3.05) is 6.61 Å². The minimum atomic E-state index is -0.821. The van der Waals surface area contributed by atoms with E-state index in [4.69, 9.17) is 4.74 Å². The molecular weight excluding hydrogens is 464 g/mol. The maximum Gasteiger partial charge on any atom is 0.407 e. The van der Waals surface area contributed by atoms with Crippen molar-refractivity contribution in [2.24, 2.45) is 5.92 Å². The molecule has 6 nitrogen and oxygen atoms in total. The number of nitrogens with one attached hydrogen (secondary N) is 2.